The summed E-state index contributed by atoms with van der Waals surface area (Å²) in [5.41, 5.74) is 0. The molecule has 0 radical (unpaired) electrons. The summed E-state index contributed by atoms with van der Waals surface area (Å²) in [6.45, 7) is 11.8. The van der Waals surface area contributed by atoms with Gasteiger partial charge in [0.1, 0.15) is 0 Å². The molecular weight excluding hydrogens is 268 g/mol. The van der Waals surface area contributed by atoms with E-state index < -0.39 is 0 Å². The van der Waals surface area contributed by atoms with Crippen LogP contribution in [-0.2, 0) is 17.8 Å². The Morgan fingerprint density at radius 3 is 2.85 bits per heavy atom. The van der Waals surface area contributed by atoms with E-state index >= 15 is 0 Å². The van der Waals surface area contributed by atoms with Crippen LogP contribution in [0.4, 0.5) is 0 Å². The first-order valence-electron chi connectivity index (χ1n) is 7.82. The molecule has 1 aliphatic heterocycles. The number of nitrogens with zero attached hydrogens (tertiary/aromatic N) is 1. The lowest BCUT2D eigenvalue weighted by molar-refractivity contribution is 0.0728. The van der Waals surface area contributed by atoms with E-state index in [0.29, 0.717) is 12.1 Å². The first-order chi connectivity index (χ1) is 9.67. The summed E-state index contributed by atoms with van der Waals surface area (Å²) >= 11 is 1.93. The van der Waals surface area contributed by atoms with Crippen molar-refractivity contribution in [3.05, 3.63) is 21.9 Å². The van der Waals surface area contributed by atoms with Crippen molar-refractivity contribution in [1.82, 2.24) is 10.2 Å². The van der Waals surface area contributed by atoms with E-state index in [9.17, 15) is 0 Å². The summed E-state index contributed by atoms with van der Waals surface area (Å²) in [7, 11) is 0. The molecule has 1 fully saturated rings. The Balaban J connectivity index is 1.80. The fraction of sp³-hybridized carbons (Fsp3) is 0.750. The van der Waals surface area contributed by atoms with Gasteiger partial charge in [-0.05, 0) is 31.5 Å². The molecular formula is C16H28N2OS. The predicted octanol–water partition coefficient (Wildman–Crippen LogP) is 3.25. The van der Waals surface area contributed by atoms with Crippen molar-refractivity contribution in [2.24, 2.45) is 0 Å². The molecule has 0 spiro atoms. The van der Waals surface area contributed by atoms with Gasteiger partial charge in [0.05, 0.1) is 6.10 Å². The van der Waals surface area contributed by atoms with Crippen molar-refractivity contribution >= 4 is 11.3 Å². The Kier molecular flexibility index (Phi) is 6.49. The van der Waals surface area contributed by atoms with Crippen LogP contribution >= 0.6 is 11.3 Å². The third-order valence-corrected chi connectivity index (χ3v) is 4.78. The van der Waals surface area contributed by atoms with Gasteiger partial charge in [-0.2, -0.15) is 0 Å². The standard InChI is InChI=1S/C16H28N2OS/c1-4-18(11-14-6-5-9-19-14)12-16-8-7-15(20-16)10-17-13(2)3/h7-8,13-14,17H,4-6,9-12H2,1-3H3. The molecule has 1 atom stereocenters. The fourth-order valence-corrected chi connectivity index (χ4v) is 3.52. The molecule has 4 heteroatoms. The lowest BCUT2D eigenvalue weighted by Crippen LogP contribution is -2.31. The zero-order valence-corrected chi connectivity index (χ0v) is 13.8. The highest BCUT2D eigenvalue weighted by molar-refractivity contribution is 7.11. The molecule has 0 amide bonds. The van der Waals surface area contributed by atoms with Crippen LogP contribution in [0.25, 0.3) is 0 Å². The van der Waals surface area contributed by atoms with E-state index in [1.54, 1.807) is 0 Å². The molecule has 114 valence electrons. The molecule has 1 unspecified atom stereocenters. The molecule has 3 nitrogen and oxygen atoms in total. The maximum atomic E-state index is 5.74. The second-order valence-electron chi connectivity index (χ2n) is 5.87. The molecule has 1 saturated heterocycles. The fourth-order valence-electron chi connectivity index (χ4n) is 2.51. The minimum Gasteiger partial charge on any atom is -0.377 e. The third kappa shape index (κ3) is 5.17. The average Bonchev–Trinajstić information content (AvgIpc) is 3.07. The van der Waals surface area contributed by atoms with E-state index in [1.165, 1.54) is 22.6 Å². The van der Waals surface area contributed by atoms with Crippen LogP contribution in [0.2, 0.25) is 0 Å². The number of ether oxygens (including phenoxy) is 1. The molecule has 1 aromatic rings. The van der Waals surface area contributed by atoms with Gasteiger partial charge in [-0.15, -0.1) is 11.3 Å². The van der Waals surface area contributed by atoms with Crippen molar-refractivity contribution < 1.29 is 4.74 Å². The van der Waals surface area contributed by atoms with Crippen LogP contribution in [0.5, 0.6) is 0 Å². The van der Waals surface area contributed by atoms with E-state index in [-0.39, 0.29) is 0 Å². The molecule has 1 aliphatic rings. The molecule has 0 bridgehead atoms. The Hall–Kier alpha value is -0.420. The maximum Gasteiger partial charge on any atom is 0.0702 e. The second kappa shape index (κ2) is 8.13. The number of rotatable bonds is 8. The van der Waals surface area contributed by atoms with Crippen LogP contribution in [0.1, 0.15) is 43.4 Å². The van der Waals surface area contributed by atoms with Crippen molar-refractivity contribution in [2.45, 2.75) is 58.8 Å². The highest BCUT2D eigenvalue weighted by atomic mass is 32.1. The van der Waals surface area contributed by atoms with Gasteiger partial charge < -0.3 is 10.1 Å². The Morgan fingerprint density at radius 1 is 1.40 bits per heavy atom. The summed E-state index contributed by atoms with van der Waals surface area (Å²) in [6, 6.07) is 5.09. The number of hydrogen-bond acceptors (Lipinski definition) is 4. The Bertz CT molecular complexity index is 386. The molecule has 1 aromatic heterocycles. The van der Waals surface area contributed by atoms with E-state index in [0.717, 1.165) is 32.8 Å². The third-order valence-electron chi connectivity index (χ3n) is 3.71. The molecule has 20 heavy (non-hydrogen) atoms. The van der Waals surface area contributed by atoms with Crippen LogP contribution in [0, 0.1) is 0 Å². The topological polar surface area (TPSA) is 24.5 Å². The quantitative estimate of drug-likeness (QED) is 0.797. The van der Waals surface area contributed by atoms with Gasteiger partial charge in [-0.1, -0.05) is 20.8 Å². The van der Waals surface area contributed by atoms with E-state index in [1.807, 2.05) is 11.3 Å². The van der Waals surface area contributed by atoms with Crippen LogP contribution < -0.4 is 5.32 Å². The molecule has 0 aliphatic carbocycles. The van der Waals surface area contributed by atoms with Gasteiger partial charge in [0.15, 0.2) is 0 Å². The lowest BCUT2D eigenvalue weighted by atomic mass is 10.2. The van der Waals surface area contributed by atoms with Crippen LogP contribution in [0.15, 0.2) is 12.1 Å². The summed E-state index contributed by atoms with van der Waals surface area (Å²) in [5.74, 6) is 0. The highest BCUT2D eigenvalue weighted by Crippen LogP contribution is 2.20. The van der Waals surface area contributed by atoms with Crippen molar-refractivity contribution in [1.29, 1.82) is 0 Å². The highest BCUT2D eigenvalue weighted by Gasteiger charge is 2.18. The van der Waals surface area contributed by atoms with Gasteiger partial charge >= 0.3 is 0 Å². The monoisotopic (exact) mass is 296 g/mol. The molecule has 1 N–H and O–H groups in total. The SMILES string of the molecule is CCN(Cc1ccc(CNC(C)C)s1)CC1CCCO1. The Morgan fingerprint density at radius 2 is 2.20 bits per heavy atom. The summed E-state index contributed by atoms with van der Waals surface area (Å²) in [6.07, 6.45) is 2.91. The van der Waals surface area contributed by atoms with Crippen LogP contribution in [0.3, 0.4) is 0 Å². The summed E-state index contributed by atoms with van der Waals surface area (Å²) in [5, 5.41) is 3.48. The largest absolute Gasteiger partial charge is 0.377 e. The zero-order chi connectivity index (χ0) is 14.4. The van der Waals surface area contributed by atoms with Gasteiger partial charge in [0.25, 0.3) is 0 Å². The summed E-state index contributed by atoms with van der Waals surface area (Å²) < 4.78 is 5.74. The van der Waals surface area contributed by atoms with Gasteiger partial charge in [-0.25, -0.2) is 0 Å². The molecule has 0 saturated carbocycles. The van der Waals surface area contributed by atoms with Gasteiger partial charge in [0.2, 0.25) is 0 Å². The van der Waals surface area contributed by atoms with E-state index in [2.05, 4.69) is 43.1 Å². The number of thiophene rings is 1. The summed E-state index contributed by atoms with van der Waals surface area (Å²) in [4.78, 5) is 5.40. The molecule has 0 aromatic carbocycles. The van der Waals surface area contributed by atoms with Crippen molar-refractivity contribution in [3.63, 3.8) is 0 Å². The van der Waals surface area contributed by atoms with Crippen molar-refractivity contribution in [3.8, 4) is 0 Å². The van der Waals surface area contributed by atoms with E-state index in [4.69, 9.17) is 4.74 Å². The maximum absolute atomic E-state index is 5.74. The molecule has 2 rings (SSSR count). The minimum atomic E-state index is 0.456. The zero-order valence-electron chi connectivity index (χ0n) is 13.0. The van der Waals surface area contributed by atoms with Crippen LogP contribution in [-0.4, -0.2) is 36.7 Å². The Labute approximate surface area is 127 Å². The van der Waals surface area contributed by atoms with Gasteiger partial charge in [-0.3, -0.25) is 4.90 Å². The predicted molar refractivity (Wildman–Crippen MR) is 86.2 cm³/mol. The first kappa shape index (κ1) is 16.0. The molecule has 2 heterocycles. The normalized spacial score (nSPS) is 19.4. The first-order valence-corrected chi connectivity index (χ1v) is 8.64. The van der Waals surface area contributed by atoms with Gasteiger partial charge in [0, 0.05) is 42.0 Å². The number of likely N-dealkylation sites (N-methyl/N-ethyl adjacent to an activating group) is 1. The smallest absolute Gasteiger partial charge is 0.0702 e. The number of nitrogens with one attached hydrogen (secondary N) is 1. The second-order valence-corrected chi connectivity index (χ2v) is 7.12. The lowest BCUT2D eigenvalue weighted by Gasteiger charge is -2.22. The number of hydrogen-bond donors (Lipinski definition) is 1. The van der Waals surface area contributed by atoms with Crippen molar-refractivity contribution in [2.75, 3.05) is 19.7 Å². The average molecular weight is 296 g/mol. The minimum absolute atomic E-state index is 0.456.